The summed E-state index contributed by atoms with van der Waals surface area (Å²) in [6, 6.07) is 7.67. The number of anilines is 1. The van der Waals surface area contributed by atoms with Crippen molar-refractivity contribution < 1.29 is 19.1 Å². The molecule has 3 N–H and O–H groups in total. The summed E-state index contributed by atoms with van der Waals surface area (Å²) in [5.74, 6) is 4.84. The van der Waals surface area contributed by atoms with Crippen molar-refractivity contribution in [3.8, 4) is 23.1 Å². The van der Waals surface area contributed by atoms with Crippen molar-refractivity contribution in [2.24, 2.45) is 0 Å². The topological polar surface area (TPSA) is 96.5 Å². The number of carbonyl (C=O) groups excluding carboxylic acids is 2. The molecule has 6 nitrogen and oxygen atoms in total. The molecule has 2 rings (SSSR count). The van der Waals surface area contributed by atoms with Gasteiger partial charge in [0.15, 0.2) is 12.1 Å². The minimum atomic E-state index is -0.894. The Balaban J connectivity index is 2.23. The SMILES string of the molecule is CN(C=O)CC[C@@H](O)C#Cc1cccc(-c2nc(C=O)c(N)cc2F)c1. The van der Waals surface area contributed by atoms with Gasteiger partial charge in [-0.3, -0.25) is 9.59 Å². The summed E-state index contributed by atoms with van der Waals surface area (Å²) in [7, 11) is 1.61. The highest BCUT2D eigenvalue weighted by Gasteiger charge is 2.12. The van der Waals surface area contributed by atoms with Crippen LogP contribution in [0.15, 0.2) is 30.3 Å². The molecule has 26 heavy (non-hydrogen) atoms. The Labute approximate surface area is 150 Å². The zero-order valence-corrected chi connectivity index (χ0v) is 14.1. The first-order valence-corrected chi connectivity index (χ1v) is 7.81. The Kier molecular flexibility index (Phi) is 6.42. The molecule has 134 valence electrons. The van der Waals surface area contributed by atoms with E-state index in [2.05, 4.69) is 16.8 Å². The summed E-state index contributed by atoms with van der Waals surface area (Å²) in [5.41, 5.74) is 6.47. The van der Waals surface area contributed by atoms with Crippen LogP contribution in [0.1, 0.15) is 22.5 Å². The lowest BCUT2D eigenvalue weighted by molar-refractivity contribution is -0.117. The summed E-state index contributed by atoms with van der Waals surface area (Å²) in [6.45, 7) is 0.383. The van der Waals surface area contributed by atoms with Gasteiger partial charge in [0.1, 0.15) is 17.5 Å². The molecule has 0 spiro atoms. The average Bonchev–Trinajstić information content (AvgIpc) is 2.64. The number of pyridine rings is 1. The van der Waals surface area contributed by atoms with E-state index in [9.17, 15) is 19.1 Å². The molecule has 0 aliphatic rings. The molecule has 0 saturated carbocycles. The van der Waals surface area contributed by atoms with Gasteiger partial charge in [0, 0.05) is 37.2 Å². The normalized spacial score (nSPS) is 11.2. The number of hydrogen-bond acceptors (Lipinski definition) is 5. The summed E-state index contributed by atoms with van der Waals surface area (Å²) in [4.78, 5) is 26.8. The van der Waals surface area contributed by atoms with Crippen LogP contribution in [0.25, 0.3) is 11.3 Å². The van der Waals surface area contributed by atoms with Crippen LogP contribution in [0.5, 0.6) is 0 Å². The molecule has 0 aliphatic heterocycles. The highest BCUT2D eigenvalue weighted by Crippen LogP contribution is 2.24. The van der Waals surface area contributed by atoms with Crippen molar-refractivity contribution in [1.82, 2.24) is 9.88 Å². The van der Waals surface area contributed by atoms with Gasteiger partial charge < -0.3 is 15.7 Å². The van der Waals surface area contributed by atoms with E-state index in [1.165, 1.54) is 4.90 Å². The van der Waals surface area contributed by atoms with Gasteiger partial charge in [0.05, 0.1) is 5.69 Å². The molecule has 0 fully saturated rings. The van der Waals surface area contributed by atoms with Crippen LogP contribution in [0.2, 0.25) is 0 Å². The number of nitrogen functional groups attached to an aromatic ring is 1. The molecular weight excluding hydrogens is 337 g/mol. The minimum Gasteiger partial charge on any atom is -0.397 e. The van der Waals surface area contributed by atoms with E-state index >= 15 is 0 Å². The zero-order valence-electron chi connectivity index (χ0n) is 14.1. The number of aldehydes is 1. The number of rotatable bonds is 6. The van der Waals surface area contributed by atoms with Crippen LogP contribution in [0.3, 0.4) is 0 Å². The van der Waals surface area contributed by atoms with Gasteiger partial charge in [0.25, 0.3) is 0 Å². The molecule has 1 aromatic carbocycles. The van der Waals surface area contributed by atoms with Gasteiger partial charge in [-0.1, -0.05) is 24.0 Å². The Morgan fingerprint density at radius 3 is 2.85 bits per heavy atom. The first-order valence-electron chi connectivity index (χ1n) is 7.81. The maximum Gasteiger partial charge on any atom is 0.209 e. The monoisotopic (exact) mass is 355 g/mol. The first-order chi connectivity index (χ1) is 12.4. The molecule has 1 amide bonds. The third-order valence-electron chi connectivity index (χ3n) is 3.60. The largest absolute Gasteiger partial charge is 0.397 e. The standard InChI is InChI=1S/C19H18FN3O3/c1-23(12-25)8-7-15(26)6-5-13-3-2-4-14(9-13)19-16(20)10-17(21)18(11-24)22-19/h2-4,9-12,15,26H,7-8,21H2,1H3/t15-/m0/s1. The highest BCUT2D eigenvalue weighted by atomic mass is 19.1. The highest BCUT2D eigenvalue weighted by molar-refractivity contribution is 5.82. The maximum absolute atomic E-state index is 14.1. The zero-order chi connectivity index (χ0) is 19.1. The third kappa shape index (κ3) is 4.88. The number of halogens is 1. The molecule has 1 aromatic heterocycles. The molecule has 2 aromatic rings. The van der Waals surface area contributed by atoms with Gasteiger partial charge >= 0.3 is 0 Å². The van der Waals surface area contributed by atoms with Crippen molar-refractivity contribution in [3.63, 3.8) is 0 Å². The molecule has 0 bridgehead atoms. The van der Waals surface area contributed by atoms with E-state index < -0.39 is 11.9 Å². The van der Waals surface area contributed by atoms with E-state index in [1.807, 2.05) is 0 Å². The van der Waals surface area contributed by atoms with Crippen LogP contribution >= 0.6 is 0 Å². The van der Waals surface area contributed by atoms with E-state index in [0.717, 1.165) is 6.07 Å². The number of amides is 1. The summed E-state index contributed by atoms with van der Waals surface area (Å²) < 4.78 is 14.1. The lowest BCUT2D eigenvalue weighted by atomic mass is 10.1. The van der Waals surface area contributed by atoms with Crippen LogP contribution in [-0.4, -0.2) is 47.4 Å². The lowest BCUT2D eigenvalue weighted by Crippen LogP contribution is -2.21. The number of aliphatic hydroxyl groups is 1. The lowest BCUT2D eigenvalue weighted by Gasteiger charge is -2.10. The van der Waals surface area contributed by atoms with Gasteiger partial charge in [-0.15, -0.1) is 0 Å². The van der Waals surface area contributed by atoms with Crippen molar-refractivity contribution in [3.05, 3.63) is 47.4 Å². The van der Waals surface area contributed by atoms with Gasteiger partial charge in [-0.2, -0.15) is 0 Å². The summed E-state index contributed by atoms with van der Waals surface area (Å²) in [6.07, 6.45) is 0.563. The fourth-order valence-electron chi connectivity index (χ4n) is 2.18. The number of benzene rings is 1. The van der Waals surface area contributed by atoms with Gasteiger partial charge in [-0.05, 0) is 12.1 Å². The molecule has 0 unspecified atom stereocenters. The van der Waals surface area contributed by atoms with Crippen molar-refractivity contribution in [1.29, 1.82) is 0 Å². The number of nitrogens with two attached hydrogens (primary N) is 1. The summed E-state index contributed by atoms with van der Waals surface area (Å²) >= 11 is 0. The number of hydrogen-bond donors (Lipinski definition) is 2. The van der Waals surface area contributed by atoms with E-state index in [0.29, 0.717) is 36.8 Å². The number of aromatic nitrogens is 1. The molecule has 1 atom stereocenters. The van der Waals surface area contributed by atoms with Gasteiger partial charge in [0.2, 0.25) is 6.41 Å². The fraction of sp³-hybridized carbons (Fsp3) is 0.211. The fourth-order valence-corrected chi connectivity index (χ4v) is 2.18. The molecule has 0 saturated heterocycles. The second-order valence-electron chi connectivity index (χ2n) is 5.65. The second kappa shape index (κ2) is 8.74. The van der Waals surface area contributed by atoms with Crippen molar-refractivity contribution >= 4 is 18.4 Å². The predicted molar refractivity (Wildman–Crippen MR) is 95.6 cm³/mol. The van der Waals surface area contributed by atoms with E-state index in [1.54, 1.807) is 31.3 Å². The summed E-state index contributed by atoms with van der Waals surface area (Å²) in [5, 5.41) is 9.84. The molecule has 1 heterocycles. The van der Waals surface area contributed by atoms with Crippen molar-refractivity contribution in [2.75, 3.05) is 19.3 Å². The second-order valence-corrected chi connectivity index (χ2v) is 5.65. The quantitative estimate of drug-likeness (QED) is 0.604. The Morgan fingerprint density at radius 1 is 1.38 bits per heavy atom. The Hall–Kier alpha value is -3.24. The predicted octanol–water partition coefficient (Wildman–Crippen LogP) is 1.47. The molecule has 7 heteroatoms. The number of carbonyl (C=O) groups is 2. The smallest absolute Gasteiger partial charge is 0.209 e. The first kappa shape index (κ1) is 19.1. The Morgan fingerprint density at radius 2 is 2.15 bits per heavy atom. The van der Waals surface area contributed by atoms with Crippen LogP contribution in [0.4, 0.5) is 10.1 Å². The average molecular weight is 355 g/mol. The maximum atomic E-state index is 14.1. The van der Waals surface area contributed by atoms with Crippen LogP contribution in [0, 0.1) is 17.7 Å². The third-order valence-corrected chi connectivity index (χ3v) is 3.60. The molecule has 0 radical (unpaired) electrons. The van der Waals surface area contributed by atoms with E-state index in [4.69, 9.17) is 5.73 Å². The van der Waals surface area contributed by atoms with Crippen LogP contribution < -0.4 is 5.73 Å². The minimum absolute atomic E-state index is 0.00175. The molecule has 0 aliphatic carbocycles. The van der Waals surface area contributed by atoms with Crippen LogP contribution in [-0.2, 0) is 4.79 Å². The van der Waals surface area contributed by atoms with E-state index in [-0.39, 0.29) is 17.1 Å². The molecular formula is C19H18FN3O3. The number of aliphatic hydroxyl groups excluding tert-OH is 1. The Bertz CT molecular complexity index is 874. The number of nitrogens with zero attached hydrogens (tertiary/aromatic N) is 2. The van der Waals surface area contributed by atoms with Crippen molar-refractivity contribution in [2.45, 2.75) is 12.5 Å². The van der Waals surface area contributed by atoms with Gasteiger partial charge in [-0.25, -0.2) is 9.37 Å².